The Morgan fingerprint density at radius 1 is 0.923 bits per heavy atom. The summed E-state index contributed by atoms with van der Waals surface area (Å²) in [6.07, 6.45) is 8.15. The Morgan fingerprint density at radius 2 is 1.58 bits per heavy atom. The maximum atomic E-state index is 12.1. The molecule has 1 aliphatic rings. The van der Waals surface area contributed by atoms with E-state index in [1.807, 2.05) is 36.4 Å². The van der Waals surface area contributed by atoms with E-state index in [0.29, 0.717) is 17.2 Å². The van der Waals surface area contributed by atoms with Gasteiger partial charge in [0.05, 0.1) is 12.2 Å². The van der Waals surface area contributed by atoms with Crippen LogP contribution in [-0.2, 0) is 0 Å². The van der Waals surface area contributed by atoms with Crippen molar-refractivity contribution in [2.75, 3.05) is 6.61 Å². The summed E-state index contributed by atoms with van der Waals surface area (Å²) < 4.78 is 11.3. The number of carbonyl (C=O) groups is 1. The van der Waals surface area contributed by atoms with E-state index < -0.39 is 0 Å². The third-order valence-corrected chi connectivity index (χ3v) is 5.00. The van der Waals surface area contributed by atoms with Crippen LogP contribution in [0, 0.1) is 11.8 Å². The normalized spacial score (nSPS) is 19.5. The number of hydrogen-bond donors (Lipinski definition) is 0. The van der Waals surface area contributed by atoms with E-state index in [9.17, 15) is 4.79 Å². The van der Waals surface area contributed by atoms with Crippen molar-refractivity contribution in [2.24, 2.45) is 11.8 Å². The van der Waals surface area contributed by atoms with Gasteiger partial charge in [-0.1, -0.05) is 24.3 Å². The first-order valence-corrected chi connectivity index (χ1v) is 9.35. The molecular formula is C23H26O3. The van der Waals surface area contributed by atoms with Gasteiger partial charge < -0.3 is 9.47 Å². The molecule has 3 heteroatoms. The lowest BCUT2D eigenvalue weighted by atomic mass is 9.81. The molecule has 2 aromatic rings. The zero-order valence-electron chi connectivity index (χ0n) is 15.1. The molecule has 0 saturated heterocycles. The van der Waals surface area contributed by atoms with Gasteiger partial charge in [0.2, 0.25) is 0 Å². The molecule has 0 spiro atoms. The number of rotatable bonds is 7. The van der Waals surface area contributed by atoms with Gasteiger partial charge in [0.15, 0.2) is 0 Å². The van der Waals surface area contributed by atoms with Gasteiger partial charge in [0.25, 0.3) is 0 Å². The van der Waals surface area contributed by atoms with Gasteiger partial charge in [-0.2, -0.15) is 0 Å². The number of esters is 1. The fourth-order valence-electron chi connectivity index (χ4n) is 3.43. The summed E-state index contributed by atoms with van der Waals surface area (Å²) in [5.74, 6) is 2.42. The van der Waals surface area contributed by atoms with Gasteiger partial charge in [0.1, 0.15) is 11.5 Å². The highest BCUT2D eigenvalue weighted by Gasteiger charge is 2.20. The van der Waals surface area contributed by atoms with Crippen molar-refractivity contribution in [1.82, 2.24) is 0 Å². The Balaban J connectivity index is 1.46. The summed E-state index contributed by atoms with van der Waals surface area (Å²) in [4.78, 5) is 12.1. The van der Waals surface area contributed by atoms with Crippen molar-refractivity contribution in [3.8, 4) is 11.5 Å². The van der Waals surface area contributed by atoms with Crippen LogP contribution >= 0.6 is 0 Å². The minimum atomic E-state index is -0.358. The molecule has 2 aromatic carbocycles. The van der Waals surface area contributed by atoms with Crippen LogP contribution in [0.25, 0.3) is 0 Å². The van der Waals surface area contributed by atoms with Crippen LogP contribution in [0.2, 0.25) is 0 Å². The molecule has 1 aliphatic carbocycles. The third kappa shape index (κ3) is 5.22. The van der Waals surface area contributed by atoms with E-state index in [1.54, 1.807) is 24.3 Å². The summed E-state index contributed by atoms with van der Waals surface area (Å²) in [5, 5.41) is 0. The maximum absolute atomic E-state index is 12.1. The predicted octanol–water partition coefficient (Wildman–Crippen LogP) is 5.67. The predicted molar refractivity (Wildman–Crippen MR) is 104 cm³/mol. The van der Waals surface area contributed by atoms with Crippen molar-refractivity contribution >= 4 is 5.97 Å². The lowest BCUT2D eigenvalue weighted by Crippen LogP contribution is -2.19. The van der Waals surface area contributed by atoms with E-state index in [0.717, 1.165) is 24.7 Å². The second kappa shape index (κ2) is 9.23. The summed E-state index contributed by atoms with van der Waals surface area (Å²) in [6.45, 7) is 4.58. The molecule has 0 amide bonds. The highest BCUT2D eigenvalue weighted by Crippen LogP contribution is 2.31. The summed E-state index contributed by atoms with van der Waals surface area (Å²) in [7, 11) is 0. The van der Waals surface area contributed by atoms with E-state index in [1.165, 1.54) is 25.7 Å². The monoisotopic (exact) mass is 350 g/mol. The van der Waals surface area contributed by atoms with Gasteiger partial charge in [-0.3, -0.25) is 0 Å². The minimum Gasteiger partial charge on any atom is -0.493 e. The Morgan fingerprint density at radius 3 is 2.23 bits per heavy atom. The third-order valence-electron chi connectivity index (χ3n) is 5.00. The summed E-state index contributed by atoms with van der Waals surface area (Å²) in [6, 6.07) is 16.3. The van der Waals surface area contributed by atoms with Gasteiger partial charge in [-0.05, 0) is 80.3 Å². The molecule has 0 N–H and O–H groups in total. The molecule has 0 aliphatic heterocycles. The Kier molecular flexibility index (Phi) is 6.48. The number of hydrogen-bond acceptors (Lipinski definition) is 3. The molecule has 0 heterocycles. The molecule has 0 radical (unpaired) electrons. The highest BCUT2D eigenvalue weighted by molar-refractivity contribution is 5.91. The Labute approximate surface area is 155 Å². The van der Waals surface area contributed by atoms with Gasteiger partial charge in [0, 0.05) is 0 Å². The van der Waals surface area contributed by atoms with Crippen molar-refractivity contribution in [2.45, 2.75) is 32.1 Å². The van der Waals surface area contributed by atoms with E-state index in [2.05, 4.69) is 6.58 Å². The fourth-order valence-corrected chi connectivity index (χ4v) is 3.43. The number of benzene rings is 2. The van der Waals surface area contributed by atoms with Crippen LogP contribution < -0.4 is 9.47 Å². The molecular weight excluding hydrogens is 324 g/mol. The van der Waals surface area contributed by atoms with Gasteiger partial charge in [-0.15, -0.1) is 6.58 Å². The topological polar surface area (TPSA) is 35.5 Å². The average Bonchev–Trinajstić information content (AvgIpc) is 2.69. The Bertz CT molecular complexity index is 698. The minimum absolute atomic E-state index is 0.358. The first-order chi connectivity index (χ1) is 12.7. The first kappa shape index (κ1) is 18.2. The second-order valence-corrected chi connectivity index (χ2v) is 6.95. The molecule has 1 saturated carbocycles. The molecule has 0 unspecified atom stereocenters. The van der Waals surface area contributed by atoms with Crippen molar-refractivity contribution in [3.05, 3.63) is 72.8 Å². The summed E-state index contributed by atoms with van der Waals surface area (Å²) >= 11 is 0. The van der Waals surface area contributed by atoms with Crippen LogP contribution in [-0.4, -0.2) is 12.6 Å². The molecule has 136 valence electrons. The lowest BCUT2D eigenvalue weighted by Gasteiger charge is -2.27. The fraction of sp³-hybridized carbons (Fsp3) is 0.348. The largest absolute Gasteiger partial charge is 0.493 e. The zero-order chi connectivity index (χ0) is 18.2. The second-order valence-electron chi connectivity index (χ2n) is 6.95. The number of carbonyl (C=O) groups excluding carboxylic acids is 1. The first-order valence-electron chi connectivity index (χ1n) is 9.35. The molecule has 0 bridgehead atoms. The van der Waals surface area contributed by atoms with E-state index >= 15 is 0 Å². The molecule has 0 aromatic heterocycles. The van der Waals surface area contributed by atoms with Crippen LogP contribution in [0.15, 0.2) is 67.3 Å². The molecule has 0 atom stereocenters. The van der Waals surface area contributed by atoms with Gasteiger partial charge >= 0.3 is 5.97 Å². The molecule has 26 heavy (non-hydrogen) atoms. The lowest BCUT2D eigenvalue weighted by molar-refractivity contribution is 0.0734. The van der Waals surface area contributed by atoms with Crippen molar-refractivity contribution < 1.29 is 14.3 Å². The maximum Gasteiger partial charge on any atom is 0.343 e. The van der Waals surface area contributed by atoms with Crippen LogP contribution in [0.1, 0.15) is 42.5 Å². The van der Waals surface area contributed by atoms with Gasteiger partial charge in [-0.25, -0.2) is 4.79 Å². The van der Waals surface area contributed by atoms with Crippen molar-refractivity contribution in [1.29, 1.82) is 0 Å². The van der Waals surface area contributed by atoms with E-state index in [-0.39, 0.29) is 5.97 Å². The van der Waals surface area contributed by atoms with E-state index in [4.69, 9.17) is 9.47 Å². The zero-order valence-corrected chi connectivity index (χ0v) is 15.1. The quantitative estimate of drug-likeness (QED) is 0.367. The standard InChI is InChI=1S/C23H26O3/c1-2-6-18-9-11-19(12-10-18)17-25-21-15-13-20(14-16-21)23(24)26-22-7-4-3-5-8-22/h2-5,7-8,13-16,18-19H,1,6,9-12,17H2. The number of para-hydroxylation sites is 1. The number of allylic oxidation sites excluding steroid dienone is 1. The Hall–Kier alpha value is -2.55. The van der Waals surface area contributed by atoms with Crippen LogP contribution in [0.5, 0.6) is 11.5 Å². The highest BCUT2D eigenvalue weighted by atomic mass is 16.5. The van der Waals surface area contributed by atoms with Crippen LogP contribution in [0.3, 0.4) is 0 Å². The smallest absolute Gasteiger partial charge is 0.343 e. The number of ether oxygens (including phenoxy) is 2. The molecule has 3 rings (SSSR count). The SMILES string of the molecule is C=CCC1CCC(COc2ccc(C(=O)Oc3ccccc3)cc2)CC1. The average molecular weight is 350 g/mol. The van der Waals surface area contributed by atoms with Crippen molar-refractivity contribution in [3.63, 3.8) is 0 Å². The van der Waals surface area contributed by atoms with Crippen LogP contribution in [0.4, 0.5) is 0 Å². The molecule has 3 nitrogen and oxygen atoms in total. The summed E-state index contributed by atoms with van der Waals surface area (Å²) in [5.41, 5.74) is 0.520. The molecule has 1 fully saturated rings.